The van der Waals surface area contributed by atoms with E-state index in [1.807, 2.05) is 22.9 Å². The lowest BCUT2D eigenvalue weighted by molar-refractivity contribution is 0.0526. The summed E-state index contributed by atoms with van der Waals surface area (Å²) >= 11 is 0. The van der Waals surface area contributed by atoms with Gasteiger partial charge in [0.05, 0.1) is 31.5 Å². The molecule has 0 aliphatic heterocycles. The van der Waals surface area contributed by atoms with Crippen LogP contribution in [0.4, 0.5) is 0 Å². The minimum absolute atomic E-state index is 0.306. The predicted octanol–water partition coefficient (Wildman–Crippen LogP) is 2.12. The number of carbonyl (C=O) groups is 1. The largest absolute Gasteiger partial charge is 0.481 e. The number of aromatic nitrogens is 2. The maximum Gasteiger partial charge on any atom is 0.339 e. The Morgan fingerprint density at radius 3 is 2.95 bits per heavy atom. The van der Waals surface area contributed by atoms with Crippen LogP contribution in [0.25, 0.3) is 0 Å². The number of methoxy groups -OCH3 is 1. The van der Waals surface area contributed by atoms with Crippen LogP contribution in [-0.4, -0.2) is 29.2 Å². The zero-order valence-electron chi connectivity index (χ0n) is 11.0. The molecular formula is C14H16N2O3. The van der Waals surface area contributed by atoms with E-state index in [1.165, 1.54) is 0 Å². The third kappa shape index (κ3) is 3.34. The fourth-order valence-electron chi connectivity index (χ4n) is 1.72. The number of hydrogen-bond acceptors (Lipinski definition) is 4. The van der Waals surface area contributed by atoms with Gasteiger partial charge in [-0.05, 0) is 19.1 Å². The Morgan fingerprint density at radius 2 is 2.21 bits per heavy atom. The highest BCUT2D eigenvalue weighted by Crippen LogP contribution is 2.10. The molecule has 2 aromatic heterocycles. The summed E-state index contributed by atoms with van der Waals surface area (Å²) in [4.78, 5) is 15.9. The van der Waals surface area contributed by atoms with Gasteiger partial charge in [-0.25, -0.2) is 9.78 Å². The predicted molar refractivity (Wildman–Crippen MR) is 70.3 cm³/mol. The molecule has 0 fully saturated rings. The molecule has 0 aliphatic rings. The second kappa shape index (κ2) is 6.04. The van der Waals surface area contributed by atoms with Gasteiger partial charge < -0.3 is 14.0 Å². The Labute approximate surface area is 111 Å². The van der Waals surface area contributed by atoms with Crippen LogP contribution in [0.1, 0.15) is 23.0 Å². The molecule has 2 rings (SSSR count). The van der Waals surface area contributed by atoms with E-state index in [4.69, 9.17) is 9.47 Å². The van der Waals surface area contributed by atoms with Crippen LogP contribution in [0, 0.1) is 0 Å². The van der Waals surface area contributed by atoms with Gasteiger partial charge >= 0.3 is 5.97 Å². The van der Waals surface area contributed by atoms with Crippen LogP contribution in [0.3, 0.4) is 0 Å². The molecule has 0 amide bonds. The average molecular weight is 260 g/mol. The number of hydrogen-bond donors (Lipinski definition) is 0. The van der Waals surface area contributed by atoms with Gasteiger partial charge in [-0.1, -0.05) is 6.07 Å². The molecule has 5 nitrogen and oxygen atoms in total. The van der Waals surface area contributed by atoms with E-state index in [1.54, 1.807) is 32.4 Å². The molecule has 0 radical (unpaired) electrons. The lowest BCUT2D eigenvalue weighted by Gasteiger charge is -2.04. The highest BCUT2D eigenvalue weighted by atomic mass is 16.5. The number of pyridine rings is 1. The molecule has 0 bridgehead atoms. The van der Waals surface area contributed by atoms with E-state index < -0.39 is 0 Å². The maximum absolute atomic E-state index is 11.5. The van der Waals surface area contributed by atoms with Crippen molar-refractivity contribution in [3.05, 3.63) is 47.9 Å². The Hall–Kier alpha value is -2.30. The van der Waals surface area contributed by atoms with E-state index in [9.17, 15) is 4.79 Å². The summed E-state index contributed by atoms with van der Waals surface area (Å²) in [7, 11) is 1.58. The van der Waals surface area contributed by atoms with Crippen LogP contribution in [0.15, 0.2) is 36.7 Å². The maximum atomic E-state index is 11.5. The van der Waals surface area contributed by atoms with Crippen LogP contribution < -0.4 is 4.74 Å². The van der Waals surface area contributed by atoms with E-state index in [0.717, 1.165) is 5.69 Å². The fraction of sp³-hybridized carbons (Fsp3) is 0.286. The second-order valence-corrected chi connectivity index (χ2v) is 3.96. The Balaban J connectivity index is 2.09. The SMILES string of the molecule is CCOC(=O)c1ccn(Cc2cccc(OC)n2)c1. The number of nitrogens with zero attached hydrogens (tertiary/aromatic N) is 2. The molecule has 0 unspecified atom stereocenters. The molecular weight excluding hydrogens is 244 g/mol. The van der Waals surface area contributed by atoms with E-state index >= 15 is 0 Å². The van der Waals surface area contributed by atoms with E-state index in [0.29, 0.717) is 24.6 Å². The van der Waals surface area contributed by atoms with Crippen molar-refractivity contribution in [2.75, 3.05) is 13.7 Å². The van der Waals surface area contributed by atoms with Gasteiger partial charge in [0.15, 0.2) is 0 Å². The molecule has 0 saturated heterocycles. The van der Waals surface area contributed by atoms with Crippen molar-refractivity contribution in [3.63, 3.8) is 0 Å². The van der Waals surface area contributed by atoms with Crippen LogP contribution in [0.5, 0.6) is 5.88 Å². The lowest BCUT2D eigenvalue weighted by Crippen LogP contribution is -2.04. The summed E-state index contributed by atoms with van der Waals surface area (Å²) in [6.07, 6.45) is 3.58. The van der Waals surface area contributed by atoms with Crippen molar-refractivity contribution in [3.8, 4) is 5.88 Å². The molecule has 19 heavy (non-hydrogen) atoms. The topological polar surface area (TPSA) is 53.4 Å². The first kappa shape index (κ1) is 13.1. The standard InChI is InChI=1S/C14H16N2O3/c1-3-19-14(17)11-7-8-16(9-11)10-12-5-4-6-13(15-12)18-2/h4-9H,3,10H2,1-2H3. The zero-order valence-corrected chi connectivity index (χ0v) is 11.0. The number of ether oxygens (including phenoxy) is 2. The second-order valence-electron chi connectivity index (χ2n) is 3.96. The van der Waals surface area contributed by atoms with Crippen molar-refractivity contribution in [1.29, 1.82) is 0 Å². The number of carbonyl (C=O) groups excluding carboxylic acids is 1. The lowest BCUT2D eigenvalue weighted by atomic mass is 10.3. The Kier molecular flexibility index (Phi) is 4.18. The molecule has 0 aromatic carbocycles. The first-order valence-corrected chi connectivity index (χ1v) is 6.05. The van der Waals surface area contributed by atoms with Crippen molar-refractivity contribution in [2.45, 2.75) is 13.5 Å². The molecule has 0 N–H and O–H groups in total. The highest BCUT2D eigenvalue weighted by molar-refractivity contribution is 5.89. The summed E-state index contributed by atoms with van der Waals surface area (Å²) in [5.74, 6) is 0.273. The van der Waals surface area contributed by atoms with Crippen molar-refractivity contribution in [1.82, 2.24) is 9.55 Å². The third-order valence-corrected chi connectivity index (χ3v) is 2.60. The Bertz CT molecular complexity index is 563. The van der Waals surface area contributed by atoms with E-state index in [-0.39, 0.29) is 5.97 Å². The van der Waals surface area contributed by atoms with Gasteiger partial charge in [-0.3, -0.25) is 0 Å². The smallest absolute Gasteiger partial charge is 0.339 e. The normalized spacial score (nSPS) is 10.2. The van der Waals surface area contributed by atoms with Crippen molar-refractivity contribution < 1.29 is 14.3 Å². The Morgan fingerprint density at radius 1 is 1.37 bits per heavy atom. The molecule has 2 aromatic rings. The van der Waals surface area contributed by atoms with Gasteiger partial charge in [0.25, 0.3) is 0 Å². The fourth-order valence-corrected chi connectivity index (χ4v) is 1.72. The first-order valence-electron chi connectivity index (χ1n) is 6.05. The van der Waals surface area contributed by atoms with Gasteiger partial charge in [0.2, 0.25) is 5.88 Å². The zero-order chi connectivity index (χ0) is 13.7. The van der Waals surface area contributed by atoms with E-state index in [2.05, 4.69) is 4.98 Å². The molecule has 0 saturated carbocycles. The molecule has 0 aliphatic carbocycles. The summed E-state index contributed by atoms with van der Waals surface area (Å²) < 4.78 is 11.9. The minimum atomic E-state index is -0.306. The monoisotopic (exact) mass is 260 g/mol. The molecule has 0 atom stereocenters. The third-order valence-electron chi connectivity index (χ3n) is 2.60. The first-order chi connectivity index (χ1) is 9.22. The van der Waals surface area contributed by atoms with Gasteiger partial charge in [-0.2, -0.15) is 0 Å². The number of rotatable bonds is 5. The quantitative estimate of drug-likeness (QED) is 0.773. The highest BCUT2D eigenvalue weighted by Gasteiger charge is 2.08. The summed E-state index contributed by atoms with van der Waals surface area (Å²) in [6.45, 7) is 2.74. The molecule has 5 heteroatoms. The summed E-state index contributed by atoms with van der Waals surface area (Å²) in [5, 5.41) is 0. The molecule has 100 valence electrons. The summed E-state index contributed by atoms with van der Waals surface area (Å²) in [5.41, 5.74) is 1.41. The number of esters is 1. The molecule has 0 spiro atoms. The average Bonchev–Trinajstić information content (AvgIpc) is 2.88. The van der Waals surface area contributed by atoms with Crippen molar-refractivity contribution in [2.24, 2.45) is 0 Å². The van der Waals surface area contributed by atoms with Gasteiger partial charge in [-0.15, -0.1) is 0 Å². The van der Waals surface area contributed by atoms with Crippen molar-refractivity contribution >= 4 is 5.97 Å². The van der Waals surface area contributed by atoms with Gasteiger partial charge in [0, 0.05) is 18.5 Å². The van der Waals surface area contributed by atoms with Crippen LogP contribution >= 0.6 is 0 Å². The summed E-state index contributed by atoms with van der Waals surface area (Å²) in [6, 6.07) is 7.32. The van der Waals surface area contributed by atoms with Gasteiger partial charge in [0.1, 0.15) is 0 Å². The minimum Gasteiger partial charge on any atom is -0.481 e. The van der Waals surface area contributed by atoms with Crippen LogP contribution in [-0.2, 0) is 11.3 Å². The van der Waals surface area contributed by atoms with Crippen LogP contribution in [0.2, 0.25) is 0 Å². The molecule has 2 heterocycles.